The second-order valence-corrected chi connectivity index (χ2v) is 6.24. The third-order valence-corrected chi connectivity index (χ3v) is 4.05. The normalized spacial score (nSPS) is 19.9. The summed E-state index contributed by atoms with van der Waals surface area (Å²) in [5, 5.41) is 2.78. The van der Waals surface area contributed by atoms with Crippen LogP contribution in [0.25, 0.3) is 0 Å². The third-order valence-electron chi connectivity index (χ3n) is 4.05. The zero-order valence-corrected chi connectivity index (χ0v) is 12.8. The van der Waals surface area contributed by atoms with Crippen LogP contribution in [0.3, 0.4) is 0 Å². The van der Waals surface area contributed by atoms with Crippen molar-refractivity contribution in [3.63, 3.8) is 0 Å². The molecule has 1 heterocycles. The summed E-state index contributed by atoms with van der Waals surface area (Å²) in [6, 6.07) is 7.94. The van der Waals surface area contributed by atoms with Gasteiger partial charge < -0.3 is 14.6 Å². The van der Waals surface area contributed by atoms with Crippen LogP contribution in [-0.4, -0.2) is 24.2 Å². The molecule has 0 bridgehead atoms. The number of nitrogens with one attached hydrogen (secondary N) is 1. The molecule has 20 heavy (non-hydrogen) atoms. The van der Waals surface area contributed by atoms with Gasteiger partial charge in [0.05, 0.1) is 11.2 Å². The summed E-state index contributed by atoms with van der Waals surface area (Å²) in [4.78, 5) is 10.9. The van der Waals surface area contributed by atoms with Crippen molar-refractivity contribution in [3.05, 3.63) is 29.8 Å². The molecule has 1 aliphatic rings. The summed E-state index contributed by atoms with van der Waals surface area (Å²) in [5.74, 6) is -0.0277. The lowest BCUT2D eigenvalue weighted by atomic mass is 9.79. The van der Waals surface area contributed by atoms with E-state index in [4.69, 9.17) is 9.31 Å². The van der Waals surface area contributed by atoms with Gasteiger partial charge in [-0.1, -0.05) is 24.3 Å². The average molecular weight is 275 g/mol. The van der Waals surface area contributed by atoms with E-state index in [9.17, 15) is 4.79 Å². The van der Waals surface area contributed by atoms with Crippen molar-refractivity contribution in [1.82, 2.24) is 5.32 Å². The zero-order valence-electron chi connectivity index (χ0n) is 12.8. The molecule has 0 radical (unpaired) electrons. The van der Waals surface area contributed by atoms with Crippen molar-refractivity contribution in [3.8, 4) is 0 Å². The highest BCUT2D eigenvalue weighted by Crippen LogP contribution is 2.36. The topological polar surface area (TPSA) is 47.6 Å². The molecule has 5 heteroatoms. The zero-order chi connectivity index (χ0) is 15.0. The van der Waals surface area contributed by atoms with Crippen LogP contribution in [-0.2, 0) is 20.6 Å². The lowest BCUT2D eigenvalue weighted by Gasteiger charge is -2.32. The SMILES string of the molecule is CC(=O)NCc1ccc(B2OC(C)(C)C(C)(C)O2)cc1. The van der Waals surface area contributed by atoms with Crippen LogP contribution in [0.4, 0.5) is 0 Å². The molecule has 1 aliphatic heterocycles. The molecule has 0 aliphatic carbocycles. The fraction of sp³-hybridized carbons (Fsp3) is 0.533. The number of carbonyl (C=O) groups excluding carboxylic acids is 1. The molecule has 0 spiro atoms. The maximum Gasteiger partial charge on any atom is 0.494 e. The van der Waals surface area contributed by atoms with Gasteiger partial charge in [0.15, 0.2) is 0 Å². The minimum Gasteiger partial charge on any atom is -0.399 e. The van der Waals surface area contributed by atoms with Crippen LogP contribution in [0.5, 0.6) is 0 Å². The first-order valence-electron chi connectivity index (χ1n) is 6.90. The molecule has 1 N–H and O–H groups in total. The van der Waals surface area contributed by atoms with E-state index in [-0.39, 0.29) is 24.2 Å². The first-order chi connectivity index (χ1) is 9.21. The van der Waals surface area contributed by atoms with Gasteiger partial charge in [-0.3, -0.25) is 4.79 Å². The maximum absolute atomic E-state index is 10.9. The van der Waals surface area contributed by atoms with E-state index in [2.05, 4.69) is 5.32 Å². The highest BCUT2D eigenvalue weighted by Gasteiger charge is 2.51. The van der Waals surface area contributed by atoms with Crippen LogP contribution >= 0.6 is 0 Å². The monoisotopic (exact) mass is 275 g/mol. The van der Waals surface area contributed by atoms with Gasteiger partial charge in [-0.05, 0) is 38.7 Å². The summed E-state index contributed by atoms with van der Waals surface area (Å²) in [6.07, 6.45) is 0. The van der Waals surface area contributed by atoms with Crippen molar-refractivity contribution in [2.75, 3.05) is 0 Å². The number of hydrogen-bond donors (Lipinski definition) is 1. The Bertz CT molecular complexity index is 480. The summed E-state index contributed by atoms with van der Waals surface area (Å²) < 4.78 is 12.0. The Kier molecular flexibility index (Phi) is 3.94. The van der Waals surface area contributed by atoms with Gasteiger partial charge in [0.1, 0.15) is 0 Å². The van der Waals surface area contributed by atoms with E-state index in [1.165, 1.54) is 6.92 Å². The summed E-state index contributed by atoms with van der Waals surface area (Å²) in [7, 11) is -0.338. The molecular weight excluding hydrogens is 253 g/mol. The van der Waals surface area contributed by atoms with E-state index in [1.54, 1.807) is 0 Å². The molecule has 0 atom stereocenters. The Balaban J connectivity index is 2.06. The van der Waals surface area contributed by atoms with Crippen LogP contribution < -0.4 is 10.8 Å². The van der Waals surface area contributed by atoms with Gasteiger partial charge in [0.2, 0.25) is 5.91 Å². The van der Waals surface area contributed by atoms with Crippen molar-refractivity contribution >= 4 is 18.5 Å². The van der Waals surface area contributed by atoms with E-state index in [0.717, 1.165) is 11.0 Å². The van der Waals surface area contributed by atoms with Crippen molar-refractivity contribution in [1.29, 1.82) is 0 Å². The standard InChI is InChI=1S/C15H22BNO3/c1-11(18)17-10-12-6-8-13(9-7-12)16-19-14(2,3)15(4,5)20-16/h6-9H,10H2,1-5H3,(H,17,18). The Hall–Kier alpha value is -1.33. The van der Waals surface area contributed by atoms with Gasteiger partial charge in [-0.25, -0.2) is 0 Å². The second-order valence-electron chi connectivity index (χ2n) is 6.24. The quantitative estimate of drug-likeness (QED) is 0.853. The summed E-state index contributed by atoms with van der Waals surface area (Å²) >= 11 is 0. The molecule has 1 fully saturated rings. The van der Waals surface area contributed by atoms with Crippen LogP contribution in [0.15, 0.2) is 24.3 Å². The van der Waals surface area contributed by atoms with Crippen LogP contribution in [0, 0.1) is 0 Å². The Morgan fingerprint density at radius 1 is 1.10 bits per heavy atom. The molecular formula is C15H22BNO3. The Morgan fingerprint density at radius 2 is 1.60 bits per heavy atom. The lowest BCUT2D eigenvalue weighted by molar-refractivity contribution is -0.119. The summed E-state index contributed by atoms with van der Waals surface area (Å²) in [6.45, 7) is 10.2. The van der Waals surface area contributed by atoms with E-state index in [0.29, 0.717) is 6.54 Å². The Morgan fingerprint density at radius 3 is 2.05 bits per heavy atom. The van der Waals surface area contributed by atoms with Gasteiger partial charge in [0.25, 0.3) is 0 Å². The predicted molar refractivity (Wildman–Crippen MR) is 79.7 cm³/mol. The lowest BCUT2D eigenvalue weighted by Crippen LogP contribution is -2.41. The molecule has 1 amide bonds. The predicted octanol–water partition coefficient (Wildman–Crippen LogP) is 1.62. The largest absolute Gasteiger partial charge is 0.494 e. The number of benzene rings is 1. The molecule has 108 valence electrons. The van der Waals surface area contributed by atoms with E-state index in [1.807, 2.05) is 52.0 Å². The highest BCUT2D eigenvalue weighted by molar-refractivity contribution is 6.62. The minimum atomic E-state index is -0.338. The molecule has 1 aromatic carbocycles. The van der Waals surface area contributed by atoms with Gasteiger partial charge in [-0.2, -0.15) is 0 Å². The van der Waals surface area contributed by atoms with Gasteiger partial charge in [-0.15, -0.1) is 0 Å². The Labute approximate surface area is 121 Å². The molecule has 0 unspecified atom stereocenters. The van der Waals surface area contributed by atoms with Crippen molar-refractivity contribution in [2.24, 2.45) is 0 Å². The number of carbonyl (C=O) groups is 1. The second kappa shape index (κ2) is 5.22. The van der Waals surface area contributed by atoms with Gasteiger partial charge >= 0.3 is 7.12 Å². The molecule has 0 aromatic heterocycles. The van der Waals surface area contributed by atoms with Crippen molar-refractivity contribution < 1.29 is 14.1 Å². The van der Waals surface area contributed by atoms with Crippen LogP contribution in [0.1, 0.15) is 40.2 Å². The first kappa shape index (κ1) is 15.1. The van der Waals surface area contributed by atoms with Crippen LogP contribution in [0.2, 0.25) is 0 Å². The minimum absolute atomic E-state index is 0.0277. The third kappa shape index (κ3) is 3.05. The smallest absolute Gasteiger partial charge is 0.399 e. The average Bonchev–Trinajstić information content (AvgIpc) is 2.56. The fourth-order valence-electron chi connectivity index (χ4n) is 2.00. The van der Waals surface area contributed by atoms with E-state index >= 15 is 0 Å². The number of rotatable bonds is 3. The highest BCUT2D eigenvalue weighted by atomic mass is 16.7. The number of amides is 1. The molecule has 0 saturated carbocycles. The molecule has 1 aromatic rings. The fourth-order valence-corrected chi connectivity index (χ4v) is 2.00. The molecule has 2 rings (SSSR count). The van der Waals surface area contributed by atoms with Crippen molar-refractivity contribution in [2.45, 2.75) is 52.4 Å². The van der Waals surface area contributed by atoms with E-state index < -0.39 is 0 Å². The first-order valence-corrected chi connectivity index (χ1v) is 6.90. The molecule has 4 nitrogen and oxygen atoms in total. The molecule has 1 saturated heterocycles. The van der Waals surface area contributed by atoms with Gasteiger partial charge in [0, 0.05) is 13.5 Å². The number of hydrogen-bond acceptors (Lipinski definition) is 3. The summed E-state index contributed by atoms with van der Waals surface area (Å²) in [5.41, 5.74) is 1.40. The maximum atomic E-state index is 10.9.